The molecule has 0 saturated carbocycles. The van der Waals surface area contributed by atoms with Crippen LogP contribution in [0.5, 0.6) is 0 Å². The predicted molar refractivity (Wildman–Crippen MR) is 63.6 cm³/mol. The van der Waals surface area contributed by atoms with Gasteiger partial charge in [0.25, 0.3) is 0 Å². The van der Waals surface area contributed by atoms with Crippen LogP contribution < -0.4 is 0 Å². The normalized spacial score (nSPS) is 10.4. The molecule has 0 N–H and O–H groups in total. The van der Waals surface area contributed by atoms with E-state index in [4.69, 9.17) is 0 Å². The molecular weight excluding hydrogens is 293 g/mol. The summed E-state index contributed by atoms with van der Waals surface area (Å²) in [7, 11) is 1.35. The van der Waals surface area contributed by atoms with Gasteiger partial charge in [-0.15, -0.1) is 0 Å². The Balaban J connectivity index is 2.60. The number of methoxy groups -OCH3 is 1. The van der Waals surface area contributed by atoms with E-state index in [9.17, 15) is 4.79 Å². The fourth-order valence-corrected chi connectivity index (χ4v) is 1.39. The molecule has 0 aliphatic heterocycles. The topological polar surface area (TPSA) is 38.7 Å². The maximum Gasteiger partial charge on any atom is 0.327 e. The van der Waals surface area contributed by atoms with Crippen molar-refractivity contribution in [3.63, 3.8) is 0 Å². The number of hydrogen-bond acceptors (Lipinski definition) is 3. The minimum Gasteiger partial charge on any atom is -0.468 e. The minimum absolute atomic E-state index is 0.0709. The summed E-state index contributed by atoms with van der Waals surface area (Å²) in [5.41, 5.74) is 1.01. The Hall–Kier alpha value is -0.910. The molecule has 3 nitrogen and oxygen atoms in total. The molecule has 0 radical (unpaired) electrons. The first kappa shape index (κ1) is 11.2. The second-order valence-corrected chi connectivity index (χ2v) is 3.73. The van der Waals surface area contributed by atoms with Crippen molar-refractivity contribution in [3.05, 3.63) is 33.4 Å². The molecule has 1 aromatic rings. The number of aliphatic imine (C=N–C) groups is 1. The second-order valence-electron chi connectivity index (χ2n) is 2.57. The number of carbonyl (C=O) groups excluding carboxylic acids is 1. The molecule has 0 unspecified atom stereocenters. The summed E-state index contributed by atoms with van der Waals surface area (Å²) in [4.78, 5) is 14.7. The zero-order valence-electron chi connectivity index (χ0n) is 7.74. The summed E-state index contributed by atoms with van der Waals surface area (Å²) in [6, 6.07) is 7.82. The quantitative estimate of drug-likeness (QED) is 0.486. The number of benzene rings is 1. The van der Waals surface area contributed by atoms with Gasteiger partial charge in [-0.25, -0.2) is 0 Å². The zero-order chi connectivity index (χ0) is 10.4. The molecule has 0 saturated heterocycles. The van der Waals surface area contributed by atoms with Crippen LogP contribution in [0.2, 0.25) is 0 Å². The molecule has 4 heteroatoms. The van der Waals surface area contributed by atoms with Gasteiger partial charge in [-0.2, -0.15) is 0 Å². The largest absolute Gasteiger partial charge is 0.468 e. The number of ether oxygens (including phenoxy) is 1. The van der Waals surface area contributed by atoms with E-state index in [1.165, 1.54) is 7.11 Å². The van der Waals surface area contributed by atoms with Crippen LogP contribution in [0.4, 0.5) is 0 Å². The van der Waals surface area contributed by atoms with Gasteiger partial charge >= 0.3 is 5.97 Å². The average molecular weight is 303 g/mol. The maximum atomic E-state index is 10.7. The Morgan fingerprint density at radius 3 is 2.93 bits per heavy atom. The minimum atomic E-state index is -0.327. The van der Waals surface area contributed by atoms with E-state index in [0.717, 1.165) is 9.13 Å². The van der Waals surface area contributed by atoms with E-state index in [1.807, 2.05) is 24.3 Å². The van der Waals surface area contributed by atoms with Gasteiger partial charge in [0.15, 0.2) is 0 Å². The highest BCUT2D eigenvalue weighted by atomic mass is 127. The van der Waals surface area contributed by atoms with Gasteiger partial charge in [-0.1, -0.05) is 18.2 Å². The van der Waals surface area contributed by atoms with Gasteiger partial charge in [0, 0.05) is 15.3 Å². The fraction of sp³-hybridized carbons (Fsp3) is 0.200. The lowest BCUT2D eigenvalue weighted by molar-refractivity contribution is -0.138. The van der Waals surface area contributed by atoms with Crippen molar-refractivity contribution < 1.29 is 9.53 Å². The summed E-state index contributed by atoms with van der Waals surface area (Å²) < 4.78 is 5.57. The van der Waals surface area contributed by atoms with Crippen LogP contribution in [0.3, 0.4) is 0 Å². The molecule has 0 aliphatic carbocycles. The lowest BCUT2D eigenvalue weighted by Gasteiger charge is -1.96. The highest BCUT2D eigenvalue weighted by Crippen LogP contribution is 2.08. The summed E-state index contributed by atoms with van der Waals surface area (Å²) in [6.07, 6.45) is 1.68. The van der Waals surface area contributed by atoms with Crippen molar-refractivity contribution in [2.45, 2.75) is 0 Å². The number of rotatable bonds is 3. The van der Waals surface area contributed by atoms with Crippen LogP contribution in [0, 0.1) is 3.57 Å². The third kappa shape index (κ3) is 3.45. The van der Waals surface area contributed by atoms with Crippen molar-refractivity contribution in [1.29, 1.82) is 0 Å². The van der Waals surface area contributed by atoms with Gasteiger partial charge in [0.2, 0.25) is 0 Å². The van der Waals surface area contributed by atoms with E-state index >= 15 is 0 Å². The Bertz CT molecular complexity index is 350. The fourth-order valence-electron chi connectivity index (χ4n) is 0.863. The summed E-state index contributed by atoms with van der Waals surface area (Å²) in [5, 5.41) is 0. The third-order valence-corrected chi connectivity index (χ3v) is 2.57. The Morgan fingerprint density at radius 2 is 2.29 bits per heavy atom. The Morgan fingerprint density at radius 1 is 1.57 bits per heavy atom. The Labute approximate surface area is 96.3 Å². The lowest BCUT2D eigenvalue weighted by atomic mass is 10.2. The van der Waals surface area contributed by atoms with Crippen molar-refractivity contribution in [2.75, 3.05) is 13.7 Å². The molecular formula is C10H10INO2. The average Bonchev–Trinajstić information content (AvgIpc) is 2.20. The van der Waals surface area contributed by atoms with E-state index in [2.05, 4.69) is 32.3 Å². The Kier molecular flexibility index (Phi) is 4.58. The molecule has 1 rings (SSSR count). The van der Waals surface area contributed by atoms with Crippen molar-refractivity contribution in [3.8, 4) is 0 Å². The second kappa shape index (κ2) is 5.74. The monoisotopic (exact) mass is 303 g/mol. The standard InChI is InChI=1S/C10H10INO2/c1-14-10(13)7-12-6-8-4-2-3-5-9(8)11/h2-6H,7H2,1H3. The molecule has 0 bridgehead atoms. The van der Waals surface area contributed by atoms with E-state index < -0.39 is 0 Å². The van der Waals surface area contributed by atoms with E-state index in [-0.39, 0.29) is 12.5 Å². The third-order valence-electron chi connectivity index (χ3n) is 1.58. The van der Waals surface area contributed by atoms with E-state index in [0.29, 0.717) is 0 Å². The van der Waals surface area contributed by atoms with Gasteiger partial charge < -0.3 is 4.74 Å². The van der Waals surface area contributed by atoms with Crippen LogP contribution in [0.15, 0.2) is 29.3 Å². The van der Waals surface area contributed by atoms with Crippen LogP contribution in [-0.4, -0.2) is 25.8 Å². The molecule has 1 aromatic carbocycles. The molecule has 0 heterocycles. The van der Waals surface area contributed by atoms with Crippen LogP contribution >= 0.6 is 22.6 Å². The first-order chi connectivity index (χ1) is 6.74. The molecule has 0 aromatic heterocycles. The van der Waals surface area contributed by atoms with Gasteiger partial charge in [0.1, 0.15) is 6.54 Å². The smallest absolute Gasteiger partial charge is 0.327 e. The number of carbonyl (C=O) groups is 1. The lowest BCUT2D eigenvalue weighted by Crippen LogP contribution is -2.04. The summed E-state index contributed by atoms with van der Waals surface area (Å²) >= 11 is 2.22. The van der Waals surface area contributed by atoms with E-state index in [1.54, 1.807) is 6.21 Å². The maximum absolute atomic E-state index is 10.7. The summed E-state index contributed by atoms with van der Waals surface area (Å²) in [5.74, 6) is -0.327. The van der Waals surface area contributed by atoms with Crippen molar-refractivity contribution >= 4 is 34.8 Å². The van der Waals surface area contributed by atoms with Gasteiger partial charge in [-0.3, -0.25) is 9.79 Å². The highest BCUT2D eigenvalue weighted by molar-refractivity contribution is 14.1. The van der Waals surface area contributed by atoms with Crippen molar-refractivity contribution in [2.24, 2.45) is 4.99 Å². The molecule has 0 aliphatic rings. The first-order valence-corrected chi connectivity index (χ1v) is 5.13. The summed E-state index contributed by atoms with van der Waals surface area (Å²) in [6.45, 7) is 0.0709. The molecule has 0 amide bonds. The molecule has 0 fully saturated rings. The SMILES string of the molecule is COC(=O)CN=Cc1ccccc1I. The van der Waals surface area contributed by atoms with Crippen molar-refractivity contribution in [1.82, 2.24) is 0 Å². The number of esters is 1. The van der Waals surface area contributed by atoms with Crippen LogP contribution in [0.1, 0.15) is 5.56 Å². The number of hydrogen-bond donors (Lipinski definition) is 0. The first-order valence-electron chi connectivity index (χ1n) is 4.05. The number of nitrogens with zero attached hydrogens (tertiary/aromatic N) is 1. The van der Waals surface area contributed by atoms with Crippen LogP contribution in [0.25, 0.3) is 0 Å². The number of halogens is 1. The molecule has 14 heavy (non-hydrogen) atoms. The van der Waals surface area contributed by atoms with Gasteiger partial charge in [-0.05, 0) is 28.7 Å². The molecule has 0 spiro atoms. The molecule has 74 valence electrons. The van der Waals surface area contributed by atoms with Crippen LogP contribution in [-0.2, 0) is 9.53 Å². The predicted octanol–water partition coefficient (Wildman–Crippen LogP) is 1.88. The van der Waals surface area contributed by atoms with Gasteiger partial charge in [0.05, 0.1) is 7.11 Å². The zero-order valence-corrected chi connectivity index (χ0v) is 9.89. The molecule has 0 atom stereocenters. The highest BCUT2D eigenvalue weighted by Gasteiger charge is 1.96.